The normalized spacial score (nSPS) is 21.8. The minimum absolute atomic E-state index is 0.0104. The highest BCUT2D eigenvalue weighted by Crippen LogP contribution is 2.13. The molecule has 0 saturated carbocycles. The highest BCUT2D eigenvalue weighted by Gasteiger charge is 2.13. The number of ether oxygens (including phenoxy) is 3. The van der Waals surface area contributed by atoms with Gasteiger partial charge in [-0.3, -0.25) is 0 Å². The maximum absolute atomic E-state index is 8.52. The van der Waals surface area contributed by atoms with Crippen molar-refractivity contribution in [1.82, 2.24) is 0 Å². The zero-order chi connectivity index (χ0) is 10.8. The zero-order valence-corrected chi connectivity index (χ0v) is 9.32. The van der Waals surface area contributed by atoms with E-state index in [1.807, 2.05) is 0 Å². The highest BCUT2D eigenvalue weighted by molar-refractivity contribution is 4.53. The van der Waals surface area contributed by atoms with E-state index in [1.165, 1.54) is 6.42 Å². The molecule has 0 aliphatic carbocycles. The fraction of sp³-hybridized carbons (Fsp3) is 1.00. The Balaban J connectivity index is 1.79. The molecule has 0 aromatic rings. The fourth-order valence-corrected chi connectivity index (χ4v) is 1.49. The molecule has 0 aromatic carbocycles. The minimum atomic E-state index is 0.0104. The Hall–Kier alpha value is -0.160. The molecule has 1 heterocycles. The summed E-state index contributed by atoms with van der Waals surface area (Å²) in [5.74, 6) is 0. The van der Waals surface area contributed by atoms with Gasteiger partial charge >= 0.3 is 0 Å². The molecule has 0 unspecified atom stereocenters. The molecule has 1 N–H and O–H groups in total. The van der Waals surface area contributed by atoms with E-state index in [4.69, 9.17) is 19.3 Å². The quantitative estimate of drug-likeness (QED) is 0.624. The van der Waals surface area contributed by atoms with Crippen LogP contribution in [0.2, 0.25) is 0 Å². The zero-order valence-electron chi connectivity index (χ0n) is 9.32. The smallest absolute Gasteiger partial charge is 0.157 e. The SMILES string of the molecule is OCCCOCCCO[C@H]1CCCCO1. The summed E-state index contributed by atoms with van der Waals surface area (Å²) in [5.41, 5.74) is 0. The molecule has 1 fully saturated rings. The first-order chi connectivity index (χ1) is 7.43. The maximum atomic E-state index is 8.52. The van der Waals surface area contributed by atoms with Crippen LogP contribution in [0.15, 0.2) is 0 Å². The van der Waals surface area contributed by atoms with Gasteiger partial charge in [0.15, 0.2) is 6.29 Å². The van der Waals surface area contributed by atoms with Gasteiger partial charge in [0.25, 0.3) is 0 Å². The van der Waals surface area contributed by atoms with Gasteiger partial charge in [-0.1, -0.05) is 0 Å². The van der Waals surface area contributed by atoms with E-state index >= 15 is 0 Å². The van der Waals surface area contributed by atoms with Gasteiger partial charge < -0.3 is 19.3 Å². The fourth-order valence-electron chi connectivity index (χ4n) is 1.49. The second kappa shape index (κ2) is 9.09. The van der Waals surface area contributed by atoms with Crippen molar-refractivity contribution in [2.45, 2.75) is 38.4 Å². The van der Waals surface area contributed by atoms with Crippen LogP contribution in [0.25, 0.3) is 0 Å². The van der Waals surface area contributed by atoms with Crippen molar-refractivity contribution in [1.29, 1.82) is 0 Å². The summed E-state index contributed by atoms with van der Waals surface area (Å²) in [6.07, 6.45) is 5.00. The van der Waals surface area contributed by atoms with Crippen LogP contribution in [0, 0.1) is 0 Å². The van der Waals surface area contributed by atoms with E-state index < -0.39 is 0 Å². The predicted molar refractivity (Wildman–Crippen MR) is 56.7 cm³/mol. The molecule has 90 valence electrons. The molecule has 0 radical (unpaired) electrons. The van der Waals surface area contributed by atoms with Crippen LogP contribution in [0.5, 0.6) is 0 Å². The molecule has 0 aromatic heterocycles. The Labute approximate surface area is 91.5 Å². The first-order valence-electron chi connectivity index (χ1n) is 5.85. The van der Waals surface area contributed by atoms with Crippen LogP contribution in [-0.2, 0) is 14.2 Å². The van der Waals surface area contributed by atoms with Crippen LogP contribution in [0.4, 0.5) is 0 Å². The number of rotatable bonds is 8. The Kier molecular flexibility index (Phi) is 7.83. The summed E-state index contributed by atoms with van der Waals surface area (Å²) in [5, 5.41) is 8.52. The third-order valence-corrected chi connectivity index (χ3v) is 2.32. The lowest BCUT2D eigenvalue weighted by atomic mass is 10.2. The average molecular weight is 218 g/mol. The Morgan fingerprint density at radius 3 is 2.73 bits per heavy atom. The molecule has 15 heavy (non-hydrogen) atoms. The first kappa shape index (κ1) is 12.9. The maximum Gasteiger partial charge on any atom is 0.157 e. The van der Waals surface area contributed by atoms with Gasteiger partial charge in [-0.2, -0.15) is 0 Å². The molecule has 0 bridgehead atoms. The monoisotopic (exact) mass is 218 g/mol. The first-order valence-corrected chi connectivity index (χ1v) is 5.85. The standard InChI is InChI=1S/C11H22O4/c12-6-3-7-13-8-4-10-15-11-5-1-2-9-14-11/h11-12H,1-10H2/t11-/m0/s1. The lowest BCUT2D eigenvalue weighted by Gasteiger charge is -2.22. The van der Waals surface area contributed by atoms with Crippen molar-refractivity contribution in [2.75, 3.05) is 33.0 Å². The van der Waals surface area contributed by atoms with Crippen LogP contribution in [-0.4, -0.2) is 44.4 Å². The van der Waals surface area contributed by atoms with Gasteiger partial charge in [-0.25, -0.2) is 0 Å². The molecule has 1 atom stereocenters. The third kappa shape index (κ3) is 6.84. The van der Waals surface area contributed by atoms with E-state index in [1.54, 1.807) is 0 Å². The van der Waals surface area contributed by atoms with Gasteiger partial charge in [-0.05, 0) is 32.1 Å². The van der Waals surface area contributed by atoms with Crippen LogP contribution >= 0.6 is 0 Å². The van der Waals surface area contributed by atoms with Gasteiger partial charge in [0.05, 0.1) is 6.61 Å². The summed E-state index contributed by atoms with van der Waals surface area (Å²) >= 11 is 0. The molecule has 1 aliphatic heterocycles. The molecule has 1 rings (SSSR count). The Morgan fingerprint density at radius 1 is 1.13 bits per heavy atom. The van der Waals surface area contributed by atoms with Gasteiger partial charge in [-0.15, -0.1) is 0 Å². The van der Waals surface area contributed by atoms with E-state index in [2.05, 4.69) is 0 Å². The molecule has 1 saturated heterocycles. The lowest BCUT2D eigenvalue weighted by molar-refractivity contribution is -0.164. The number of hydrogen-bond acceptors (Lipinski definition) is 4. The Morgan fingerprint density at radius 2 is 2.00 bits per heavy atom. The Bertz CT molecular complexity index is 135. The number of aliphatic hydroxyl groups excluding tert-OH is 1. The second-order valence-electron chi connectivity index (χ2n) is 3.71. The molecule has 4 heteroatoms. The van der Waals surface area contributed by atoms with Crippen molar-refractivity contribution in [3.05, 3.63) is 0 Å². The predicted octanol–water partition coefficient (Wildman–Crippen LogP) is 1.32. The van der Waals surface area contributed by atoms with E-state index in [0.717, 1.165) is 25.9 Å². The summed E-state index contributed by atoms with van der Waals surface area (Å²) in [4.78, 5) is 0. The van der Waals surface area contributed by atoms with Crippen LogP contribution in [0.1, 0.15) is 32.1 Å². The van der Waals surface area contributed by atoms with E-state index in [9.17, 15) is 0 Å². The lowest BCUT2D eigenvalue weighted by Crippen LogP contribution is -2.23. The molecule has 4 nitrogen and oxygen atoms in total. The molecule has 1 aliphatic rings. The summed E-state index contributed by atoms with van der Waals surface area (Å²) in [6.45, 7) is 3.07. The van der Waals surface area contributed by atoms with Crippen molar-refractivity contribution in [2.24, 2.45) is 0 Å². The molecular formula is C11H22O4. The van der Waals surface area contributed by atoms with Crippen LogP contribution in [0.3, 0.4) is 0 Å². The third-order valence-electron chi connectivity index (χ3n) is 2.32. The molecule has 0 spiro atoms. The summed E-state index contributed by atoms with van der Waals surface area (Å²) in [7, 11) is 0. The largest absolute Gasteiger partial charge is 0.396 e. The van der Waals surface area contributed by atoms with Crippen molar-refractivity contribution >= 4 is 0 Å². The minimum Gasteiger partial charge on any atom is -0.396 e. The topological polar surface area (TPSA) is 47.9 Å². The number of hydrogen-bond donors (Lipinski definition) is 1. The van der Waals surface area contributed by atoms with Gasteiger partial charge in [0, 0.05) is 26.4 Å². The molecule has 0 amide bonds. The van der Waals surface area contributed by atoms with Gasteiger partial charge in [0.1, 0.15) is 0 Å². The summed E-state index contributed by atoms with van der Waals surface area (Å²) in [6, 6.07) is 0. The van der Waals surface area contributed by atoms with Crippen molar-refractivity contribution in [3.63, 3.8) is 0 Å². The van der Waals surface area contributed by atoms with E-state index in [0.29, 0.717) is 26.2 Å². The number of aliphatic hydroxyl groups is 1. The second-order valence-corrected chi connectivity index (χ2v) is 3.71. The summed E-state index contributed by atoms with van der Waals surface area (Å²) < 4.78 is 16.2. The van der Waals surface area contributed by atoms with Crippen molar-refractivity contribution < 1.29 is 19.3 Å². The average Bonchev–Trinajstić information content (AvgIpc) is 2.29. The van der Waals surface area contributed by atoms with E-state index in [-0.39, 0.29) is 12.9 Å². The molecular weight excluding hydrogens is 196 g/mol. The van der Waals surface area contributed by atoms with Crippen molar-refractivity contribution in [3.8, 4) is 0 Å². The van der Waals surface area contributed by atoms with Gasteiger partial charge in [0.2, 0.25) is 0 Å². The highest BCUT2D eigenvalue weighted by atomic mass is 16.7. The van der Waals surface area contributed by atoms with Crippen LogP contribution < -0.4 is 0 Å².